The van der Waals surface area contributed by atoms with Gasteiger partial charge in [0.1, 0.15) is 5.82 Å². The Labute approximate surface area is 136 Å². The maximum Gasteiger partial charge on any atom is 0.163 e. The first-order chi connectivity index (χ1) is 9.62. The van der Waals surface area contributed by atoms with Crippen LogP contribution in [0.15, 0.2) is 25.8 Å². The van der Waals surface area contributed by atoms with Crippen LogP contribution in [-0.2, 0) is 0 Å². The SMILES string of the molecule is COc1cc2nc(-c3cc(Br)sc3Br)[nH]c2cc1OC. The average molecular weight is 418 g/mol. The van der Waals surface area contributed by atoms with Crippen molar-refractivity contribution in [2.75, 3.05) is 14.2 Å². The van der Waals surface area contributed by atoms with Crippen molar-refractivity contribution in [1.82, 2.24) is 9.97 Å². The van der Waals surface area contributed by atoms with Gasteiger partial charge in [0.25, 0.3) is 0 Å². The number of thiophene rings is 1. The van der Waals surface area contributed by atoms with Crippen LogP contribution in [0.3, 0.4) is 0 Å². The van der Waals surface area contributed by atoms with Gasteiger partial charge in [-0.3, -0.25) is 0 Å². The number of hydrogen-bond donors (Lipinski definition) is 1. The standard InChI is InChI=1S/C13H10Br2N2O2S/c1-18-9-4-7-8(5-10(9)19-2)17-13(16-7)6-3-11(14)20-12(6)15/h3-5H,1-2H3,(H,16,17). The zero-order valence-electron chi connectivity index (χ0n) is 10.7. The van der Waals surface area contributed by atoms with Crippen LogP contribution in [-0.4, -0.2) is 24.2 Å². The number of rotatable bonds is 3. The highest BCUT2D eigenvalue weighted by atomic mass is 79.9. The number of aromatic amines is 1. The van der Waals surface area contributed by atoms with Crippen LogP contribution in [0.25, 0.3) is 22.4 Å². The van der Waals surface area contributed by atoms with Gasteiger partial charge in [0.15, 0.2) is 11.5 Å². The van der Waals surface area contributed by atoms with Gasteiger partial charge in [-0.15, -0.1) is 11.3 Å². The predicted molar refractivity (Wildman–Crippen MR) is 87.9 cm³/mol. The predicted octanol–water partition coefficient (Wildman–Crippen LogP) is 4.83. The highest BCUT2D eigenvalue weighted by Gasteiger charge is 2.14. The number of ether oxygens (including phenoxy) is 2. The van der Waals surface area contributed by atoms with Gasteiger partial charge in [-0.2, -0.15) is 0 Å². The molecule has 0 bridgehead atoms. The molecule has 0 aliphatic carbocycles. The first kappa shape index (κ1) is 13.9. The van der Waals surface area contributed by atoms with Crippen molar-refractivity contribution in [2.45, 2.75) is 0 Å². The van der Waals surface area contributed by atoms with E-state index in [1.54, 1.807) is 25.6 Å². The molecule has 3 aromatic rings. The molecule has 1 N–H and O–H groups in total. The number of halogens is 2. The lowest BCUT2D eigenvalue weighted by Crippen LogP contribution is -1.89. The summed E-state index contributed by atoms with van der Waals surface area (Å²) in [6.45, 7) is 0. The fourth-order valence-electron chi connectivity index (χ4n) is 1.97. The van der Waals surface area contributed by atoms with Crippen LogP contribution in [0.5, 0.6) is 11.5 Å². The molecule has 7 heteroatoms. The van der Waals surface area contributed by atoms with Crippen molar-refractivity contribution >= 4 is 54.2 Å². The minimum atomic E-state index is 0.670. The van der Waals surface area contributed by atoms with Gasteiger partial charge >= 0.3 is 0 Å². The summed E-state index contributed by atoms with van der Waals surface area (Å²) in [5.41, 5.74) is 2.77. The third-order valence-corrected chi connectivity index (χ3v) is 5.24. The normalized spacial score (nSPS) is 11.0. The second kappa shape index (κ2) is 5.38. The largest absolute Gasteiger partial charge is 0.493 e. The lowest BCUT2D eigenvalue weighted by atomic mass is 10.3. The number of nitrogens with zero attached hydrogens (tertiary/aromatic N) is 1. The molecule has 1 aromatic carbocycles. The second-order valence-electron chi connectivity index (χ2n) is 4.05. The molecule has 2 aromatic heterocycles. The summed E-state index contributed by atoms with van der Waals surface area (Å²) in [7, 11) is 3.23. The quantitative estimate of drug-likeness (QED) is 0.663. The van der Waals surface area contributed by atoms with E-state index in [0.717, 1.165) is 30.0 Å². The Hall–Kier alpha value is -1.05. The van der Waals surface area contributed by atoms with Crippen LogP contribution in [0.4, 0.5) is 0 Å². The molecule has 104 valence electrons. The molecule has 0 fully saturated rings. The smallest absolute Gasteiger partial charge is 0.163 e. The van der Waals surface area contributed by atoms with E-state index >= 15 is 0 Å². The van der Waals surface area contributed by atoms with Crippen molar-refractivity contribution in [3.63, 3.8) is 0 Å². The number of nitrogens with one attached hydrogen (secondary N) is 1. The van der Waals surface area contributed by atoms with Crippen LogP contribution in [0.1, 0.15) is 0 Å². The molecule has 0 radical (unpaired) electrons. The highest BCUT2D eigenvalue weighted by Crippen LogP contribution is 2.39. The van der Waals surface area contributed by atoms with Gasteiger partial charge in [0, 0.05) is 17.7 Å². The van der Waals surface area contributed by atoms with E-state index in [0.29, 0.717) is 11.5 Å². The lowest BCUT2D eigenvalue weighted by molar-refractivity contribution is 0.356. The van der Waals surface area contributed by atoms with Gasteiger partial charge in [0.05, 0.1) is 32.8 Å². The molecule has 0 unspecified atom stereocenters. The van der Waals surface area contributed by atoms with Crippen molar-refractivity contribution in [2.24, 2.45) is 0 Å². The number of hydrogen-bond acceptors (Lipinski definition) is 4. The minimum absolute atomic E-state index is 0.670. The molecule has 0 atom stereocenters. The number of H-pyrrole nitrogens is 1. The second-order valence-corrected chi connectivity index (χ2v) is 7.80. The first-order valence-electron chi connectivity index (χ1n) is 5.69. The van der Waals surface area contributed by atoms with E-state index in [4.69, 9.17) is 9.47 Å². The van der Waals surface area contributed by atoms with E-state index in [1.165, 1.54) is 0 Å². The molecular formula is C13H10Br2N2O2S. The summed E-state index contributed by atoms with van der Waals surface area (Å²) in [5.74, 6) is 2.16. The van der Waals surface area contributed by atoms with Gasteiger partial charge in [-0.05, 0) is 37.9 Å². The molecule has 0 aliphatic rings. The Kier molecular flexibility index (Phi) is 3.74. The zero-order chi connectivity index (χ0) is 14.3. The van der Waals surface area contributed by atoms with Gasteiger partial charge < -0.3 is 14.5 Å². The topological polar surface area (TPSA) is 47.1 Å². The fraction of sp³-hybridized carbons (Fsp3) is 0.154. The van der Waals surface area contributed by atoms with Crippen LogP contribution >= 0.6 is 43.2 Å². The Balaban J connectivity index is 2.17. The Morgan fingerprint density at radius 3 is 2.40 bits per heavy atom. The molecule has 0 spiro atoms. The highest BCUT2D eigenvalue weighted by molar-refractivity contribution is 9.12. The number of aromatic nitrogens is 2. The Morgan fingerprint density at radius 1 is 1.10 bits per heavy atom. The van der Waals surface area contributed by atoms with Gasteiger partial charge in [-0.1, -0.05) is 0 Å². The Morgan fingerprint density at radius 2 is 1.80 bits per heavy atom. The molecule has 20 heavy (non-hydrogen) atoms. The summed E-state index contributed by atoms with van der Waals surface area (Å²) in [6, 6.07) is 5.78. The van der Waals surface area contributed by atoms with E-state index in [1.807, 2.05) is 18.2 Å². The summed E-state index contributed by atoms with van der Waals surface area (Å²) >= 11 is 8.64. The lowest BCUT2D eigenvalue weighted by Gasteiger charge is -2.06. The monoisotopic (exact) mass is 416 g/mol. The summed E-state index contributed by atoms with van der Waals surface area (Å²) in [5, 5.41) is 0. The summed E-state index contributed by atoms with van der Waals surface area (Å²) < 4.78 is 12.7. The number of imidazole rings is 1. The van der Waals surface area contributed by atoms with Crippen LogP contribution < -0.4 is 9.47 Å². The number of methoxy groups -OCH3 is 2. The van der Waals surface area contributed by atoms with Crippen molar-refractivity contribution in [3.8, 4) is 22.9 Å². The van der Waals surface area contributed by atoms with E-state index in [-0.39, 0.29) is 0 Å². The molecule has 0 saturated carbocycles. The van der Waals surface area contributed by atoms with Crippen LogP contribution in [0, 0.1) is 0 Å². The molecule has 0 aliphatic heterocycles. The molecule has 4 nitrogen and oxygen atoms in total. The average Bonchev–Trinajstić information content (AvgIpc) is 2.99. The van der Waals surface area contributed by atoms with E-state index in [2.05, 4.69) is 41.8 Å². The van der Waals surface area contributed by atoms with E-state index in [9.17, 15) is 0 Å². The Bertz CT molecular complexity index is 741. The third kappa shape index (κ3) is 2.34. The maximum atomic E-state index is 5.30. The van der Waals surface area contributed by atoms with Crippen molar-refractivity contribution in [3.05, 3.63) is 25.8 Å². The minimum Gasteiger partial charge on any atom is -0.493 e. The van der Waals surface area contributed by atoms with Gasteiger partial charge in [-0.25, -0.2) is 4.98 Å². The third-order valence-electron chi connectivity index (χ3n) is 2.90. The van der Waals surface area contributed by atoms with Crippen LogP contribution in [0.2, 0.25) is 0 Å². The molecule has 3 rings (SSSR count). The molecule has 0 amide bonds. The molecular weight excluding hydrogens is 408 g/mol. The van der Waals surface area contributed by atoms with Crippen molar-refractivity contribution < 1.29 is 9.47 Å². The number of benzene rings is 1. The van der Waals surface area contributed by atoms with Crippen molar-refractivity contribution in [1.29, 1.82) is 0 Å². The first-order valence-corrected chi connectivity index (χ1v) is 8.09. The summed E-state index contributed by atoms with van der Waals surface area (Å²) in [4.78, 5) is 7.91. The fourth-order valence-corrected chi connectivity index (χ4v) is 4.77. The molecule has 0 saturated heterocycles. The van der Waals surface area contributed by atoms with Gasteiger partial charge in [0.2, 0.25) is 0 Å². The molecule has 2 heterocycles. The van der Waals surface area contributed by atoms with E-state index < -0.39 is 0 Å². The zero-order valence-corrected chi connectivity index (χ0v) is 14.6. The summed E-state index contributed by atoms with van der Waals surface area (Å²) in [6.07, 6.45) is 0. The maximum absolute atomic E-state index is 5.30. The number of fused-ring (bicyclic) bond motifs is 1.